The molecule has 14 heavy (non-hydrogen) atoms. The van der Waals surface area contributed by atoms with Crippen LogP contribution in [0.3, 0.4) is 0 Å². The normalized spacial score (nSPS) is 12.5. The SMILES string of the molecule is COC(=O)c1ccnn1CC(O)CN. The Balaban J connectivity index is 2.77. The fourth-order valence-electron chi connectivity index (χ4n) is 1.03. The molecule has 78 valence electrons. The zero-order chi connectivity index (χ0) is 10.6. The molecule has 0 fully saturated rings. The predicted octanol–water partition coefficient (Wildman–Crippen LogP) is -1.01. The molecular formula is C8H13N3O3. The van der Waals surface area contributed by atoms with Gasteiger partial charge in [0.05, 0.1) is 19.8 Å². The van der Waals surface area contributed by atoms with Crippen LogP contribution in [0, 0.1) is 0 Å². The molecule has 0 saturated carbocycles. The van der Waals surface area contributed by atoms with Crippen LogP contribution in [0.15, 0.2) is 12.3 Å². The van der Waals surface area contributed by atoms with Crippen LogP contribution in [-0.4, -0.2) is 40.6 Å². The maximum Gasteiger partial charge on any atom is 0.356 e. The molecule has 1 unspecified atom stereocenters. The second kappa shape index (κ2) is 4.73. The standard InChI is InChI=1S/C8H13N3O3/c1-14-8(13)7-2-3-10-11(7)5-6(12)4-9/h2-3,6,12H,4-5,9H2,1H3. The summed E-state index contributed by atoms with van der Waals surface area (Å²) in [4.78, 5) is 11.2. The number of hydrogen-bond acceptors (Lipinski definition) is 5. The highest BCUT2D eigenvalue weighted by Gasteiger charge is 2.13. The maximum atomic E-state index is 11.2. The van der Waals surface area contributed by atoms with Crippen molar-refractivity contribution in [2.24, 2.45) is 5.73 Å². The largest absolute Gasteiger partial charge is 0.464 e. The van der Waals surface area contributed by atoms with E-state index < -0.39 is 12.1 Å². The molecule has 0 aromatic carbocycles. The minimum Gasteiger partial charge on any atom is -0.464 e. The second-order valence-corrected chi connectivity index (χ2v) is 2.78. The monoisotopic (exact) mass is 199 g/mol. The number of nitrogens with two attached hydrogens (primary N) is 1. The Morgan fingerprint density at radius 2 is 2.57 bits per heavy atom. The number of rotatable bonds is 4. The molecule has 3 N–H and O–H groups in total. The molecule has 1 aromatic rings. The van der Waals surface area contributed by atoms with Crippen molar-refractivity contribution in [1.82, 2.24) is 9.78 Å². The van der Waals surface area contributed by atoms with Crippen LogP contribution in [-0.2, 0) is 11.3 Å². The van der Waals surface area contributed by atoms with Gasteiger partial charge in [-0.25, -0.2) is 4.79 Å². The van der Waals surface area contributed by atoms with Gasteiger partial charge in [-0.05, 0) is 6.07 Å². The molecule has 0 aliphatic rings. The van der Waals surface area contributed by atoms with E-state index >= 15 is 0 Å². The number of aliphatic hydroxyl groups excluding tert-OH is 1. The van der Waals surface area contributed by atoms with Gasteiger partial charge in [0.15, 0.2) is 0 Å². The lowest BCUT2D eigenvalue weighted by molar-refractivity contribution is 0.0581. The number of ether oxygens (including phenoxy) is 1. The summed E-state index contributed by atoms with van der Waals surface area (Å²) in [6.07, 6.45) is 0.758. The zero-order valence-electron chi connectivity index (χ0n) is 7.88. The van der Waals surface area contributed by atoms with E-state index in [4.69, 9.17) is 5.73 Å². The van der Waals surface area contributed by atoms with Crippen molar-refractivity contribution in [3.8, 4) is 0 Å². The molecule has 0 amide bonds. The van der Waals surface area contributed by atoms with Crippen LogP contribution in [0.5, 0.6) is 0 Å². The van der Waals surface area contributed by atoms with Crippen LogP contribution in [0.25, 0.3) is 0 Å². The fraction of sp³-hybridized carbons (Fsp3) is 0.500. The van der Waals surface area contributed by atoms with Gasteiger partial charge >= 0.3 is 5.97 Å². The highest BCUT2D eigenvalue weighted by Crippen LogP contribution is 2.01. The number of methoxy groups -OCH3 is 1. The van der Waals surface area contributed by atoms with E-state index in [1.54, 1.807) is 0 Å². The van der Waals surface area contributed by atoms with Crippen molar-refractivity contribution in [2.45, 2.75) is 12.6 Å². The highest BCUT2D eigenvalue weighted by molar-refractivity contribution is 5.87. The van der Waals surface area contributed by atoms with Gasteiger partial charge in [0.2, 0.25) is 0 Å². The van der Waals surface area contributed by atoms with Crippen LogP contribution < -0.4 is 5.73 Å². The summed E-state index contributed by atoms with van der Waals surface area (Å²) < 4.78 is 5.90. The van der Waals surface area contributed by atoms with E-state index in [-0.39, 0.29) is 13.1 Å². The molecule has 1 heterocycles. The molecule has 0 aliphatic heterocycles. The summed E-state index contributed by atoms with van der Waals surface area (Å²) in [7, 11) is 1.29. The van der Waals surface area contributed by atoms with E-state index in [2.05, 4.69) is 9.84 Å². The van der Waals surface area contributed by atoms with E-state index in [1.165, 1.54) is 24.1 Å². The zero-order valence-corrected chi connectivity index (χ0v) is 7.88. The molecule has 6 heteroatoms. The molecule has 0 saturated heterocycles. The summed E-state index contributed by atoms with van der Waals surface area (Å²) in [6.45, 7) is 0.314. The van der Waals surface area contributed by atoms with Gasteiger partial charge in [-0.1, -0.05) is 0 Å². The smallest absolute Gasteiger partial charge is 0.356 e. The van der Waals surface area contributed by atoms with E-state index in [1.807, 2.05) is 0 Å². The number of nitrogens with zero attached hydrogens (tertiary/aromatic N) is 2. The van der Waals surface area contributed by atoms with E-state index in [0.717, 1.165) is 0 Å². The van der Waals surface area contributed by atoms with Gasteiger partial charge in [-0.3, -0.25) is 4.68 Å². The highest BCUT2D eigenvalue weighted by atomic mass is 16.5. The van der Waals surface area contributed by atoms with Gasteiger partial charge in [-0.2, -0.15) is 5.10 Å². The summed E-state index contributed by atoms with van der Waals surface area (Å²) in [6, 6.07) is 1.52. The Morgan fingerprint density at radius 3 is 3.14 bits per heavy atom. The lowest BCUT2D eigenvalue weighted by Crippen LogP contribution is -2.27. The van der Waals surface area contributed by atoms with Crippen LogP contribution in [0.4, 0.5) is 0 Å². The fourth-order valence-corrected chi connectivity index (χ4v) is 1.03. The average Bonchev–Trinajstić information content (AvgIpc) is 2.64. The number of carbonyl (C=O) groups is 1. The van der Waals surface area contributed by atoms with Crippen molar-refractivity contribution in [3.63, 3.8) is 0 Å². The van der Waals surface area contributed by atoms with Crippen molar-refractivity contribution in [2.75, 3.05) is 13.7 Å². The van der Waals surface area contributed by atoms with Crippen molar-refractivity contribution in [1.29, 1.82) is 0 Å². The number of esters is 1. The quantitative estimate of drug-likeness (QED) is 0.606. The minimum absolute atomic E-state index is 0.125. The van der Waals surface area contributed by atoms with E-state index in [0.29, 0.717) is 5.69 Å². The molecule has 6 nitrogen and oxygen atoms in total. The molecule has 1 atom stereocenters. The lowest BCUT2D eigenvalue weighted by atomic mass is 10.3. The number of carbonyl (C=O) groups excluding carboxylic acids is 1. The summed E-state index contributed by atoms with van der Waals surface area (Å²) in [5.41, 5.74) is 5.55. The third-order valence-corrected chi connectivity index (χ3v) is 1.77. The molecule has 0 bridgehead atoms. The molecule has 1 rings (SSSR count). The van der Waals surface area contributed by atoms with Crippen molar-refractivity contribution < 1.29 is 14.6 Å². The summed E-state index contributed by atoms with van der Waals surface area (Å²) in [5.74, 6) is -0.480. The number of aliphatic hydroxyl groups is 1. The summed E-state index contributed by atoms with van der Waals surface area (Å²) >= 11 is 0. The van der Waals surface area contributed by atoms with Gasteiger partial charge in [0.1, 0.15) is 5.69 Å². The Hall–Kier alpha value is -1.40. The van der Waals surface area contributed by atoms with Crippen molar-refractivity contribution >= 4 is 5.97 Å². The molecular weight excluding hydrogens is 186 g/mol. The molecule has 0 radical (unpaired) electrons. The van der Waals surface area contributed by atoms with Gasteiger partial charge in [0.25, 0.3) is 0 Å². The lowest BCUT2D eigenvalue weighted by Gasteiger charge is -2.09. The third-order valence-electron chi connectivity index (χ3n) is 1.77. The first-order valence-corrected chi connectivity index (χ1v) is 4.17. The van der Waals surface area contributed by atoms with E-state index in [9.17, 15) is 9.90 Å². The summed E-state index contributed by atoms with van der Waals surface area (Å²) in [5, 5.41) is 13.1. The second-order valence-electron chi connectivity index (χ2n) is 2.78. The first-order valence-electron chi connectivity index (χ1n) is 4.17. The first-order chi connectivity index (χ1) is 6.69. The van der Waals surface area contributed by atoms with Crippen LogP contribution in [0.1, 0.15) is 10.5 Å². The van der Waals surface area contributed by atoms with Crippen molar-refractivity contribution in [3.05, 3.63) is 18.0 Å². The number of hydrogen-bond donors (Lipinski definition) is 2. The minimum atomic E-state index is -0.710. The first kappa shape index (κ1) is 10.7. The van der Waals surface area contributed by atoms with Gasteiger partial charge in [-0.15, -0.1) is 0 Å². The third kappa shape index (κ3) is 2.30. The molecule has 0 spiro atoms. The molecule has 1 aromatic heterocycles. The van der Waals surface area contributed by atoms with Crippen LogP contribution in [0.2, 0.25) is 0 Å². The Morgan fingerprint density at radius 1 is 1.86 bits per heavy atom. The maximum absolute atomic E-state index is 11.2. The Bertz CT molecular complexity index is 311. The van der Waals surface area contributed by atoms with Crippen LogP contribution >= 0.6 is 0 Å². The average molecular weight is 199 g/mol. The number of aromatic nitrogens is 2. The molecule has 0 aliphatic carbocycles. The van der Waals surface area contributed by atoms with Gasteiger partial charge in [0, 0.05) is 12.7 Å². The Labute approximate surface area is 81.3 Å². The van der Waals surface area contributed by atoms with Gasteiger partial charge < -0.3 is 15.6 Å². The topological polar surface area (TPSA) is 90.4 Å². The predicted molar refractivity (Wildman–Crippen MR) is 48.6 cm³/mol. The Kier molecular flexibility index (Phi) is 3.61.